The molecule has 1 aromatic rings. The highest BCUT2D eigenvalue weighted by Gasteiger charge is 2.43. The van der Waals surface area contributed by atoms with Crippen molar-refractivity contribution in [2.75, 3.05) is 6.61 Å². The van der Waals surface area contributed by atoms with Crippen LogP contribution in [0.3, 0.4) is 0 Å². The molecule has 0 spiro atoms. The van der Waals surface area contributed by atoms with Crippen LogP contribution in [0.15, 0.2) is 24.3 Å². The summed E-state index contributed by atoms with van der Waals surface area (Å²) in [6.07, 6.45) is 4.23. The van der Waals surface area contributed by atoms with Gasteiger partial charge in [-0.15, -0.1) is 0 Å². The van der Waals surface area contributed by atoms with E-state index in [4.69, 9.17) is 0 Å². The van der Waals surface area contributed by atoms with Gasteiger partial charge in [0.05, 0.1) is 18.2 Å². The van der Waals surface area contributed by atoms with Crippen molar-refractivity contribution in [2.45, 2.75) is 44.2 Å². The lowest BCUT2D eigenvalue weighted by Gasteiger charge is -2.30. The Balaban J connectivity index is 1.66. The van der Waals surface area contributed by atoms with Gasteiger partial charge in [0.15, 0.2) is 0 Å². The molecule has 0 radical (unpaired) electrons. The van der Waals surface area contributed by atoms with Gasteiger partial charge in [-0.25, -0.2) is 9.18 Å². The first kappa shape index (κ1) is 15.3. The Morgan fingerprint density at radius 2 is 1.95 bits per heavy atom. The van der Waals surface area contributed by atoms with Gasteiger partial charge in [-0.05, 0) is 62.1 Å². The van der Waals surface area contributed by atoms with Gasteiger partial charge in [-0.3, -0.25) is 0 Å². The van der Waals surface area contributed by atoms with Gasteiger partial charge >= 0.3 is 6.03 Å². The lowest BCUT2D eigenvalue weighted by atomic mass is 9.97. The Hall–Kier alpha value is -1.62. The zero-order valence-corrected chi connectivity index (χ0v) is 12.8. The number of hydrogen-bond acceptors (Lipinski definition) is 2. The van der Waals surface area contributed by atoms with Crippen LogP contribution in [0, 0.1) is 17.7 Å². The normalized spacial score (nSPS) is 21.8. The first-order valence-electron chi connectivity index (χ1n) is 7.97. The standard InChI is InChI=1S/C17H23FN2O2/c1-17(10-21,13-6-7-13)20-16(22)19-15(11-2-3-11)12-4-8-14(18)9-5-12/h4-5,8-9,11,13,15,21H,2-3,6-7,10H2,1H3,(H2,19,20,22)/t15-,17+/m1/s1. The van der Waals surface area contributed by atoms with Crippen molar-refractivity contribution in [1.29, 1.82) is 0 Å². The maximum Gasteiger partial charge on any atom is 0.315 e. The number of halogens is 1. The summed E-state index contributed by atoms with van der Waals surface area (Å²) in [4.78, 5) is 12.3. The maximum atomic E-state index is 13.1. The van der Waals surface area contributed by atoms with Crippen LogP contribution in [0.1, 0.15) is 44.2 Å². The summed E-state index contributed by atoms with van der Waals surface area (Å²) in [6, 6.07) is 5.95. The fourth-order valence-electron chi connectivity index (χ4n) is 3.00. The molecule has 0 bridgehead atoms. The molecule has 0 saturated heterocycles. The van der Waals surface area contributed by atoms with Crippen molar-refractivity contribution in [2.24, 2.45) is 11.8 Å². The molecule has 0 heterocycles. The summed E-state index contributed by atoms with van der Waals surface area (Å²) in [5.74, 6) is 0.496. The van der Waals surface area contributed by atoms with Gasteiger partial charge < -0.3 is 15.7 Å². The number of carbonyl (C=O) groups is 1. The van der Waals surface area contributed by atoms with Gasteiger partial charge in [0.25, 0.3) is 0 Å². The second-order valence-electron chi connectivity index (χ2n) is 6.81. The lowest BCUT2D eigenvalue weighted by Crippen LogP contribution is -2.54. The minimum Gasteiger partial charge on any atom is -0.394 e. The highest BCUT2D eigenvalue weighted by molar-refractivity contribution is 5.75. The molecule has 120 valence electrons. The van der Waals surface area contributed by atoms with Crippen molar-refractivity contribution >= 4 is 6.03 Å². The fraction of sp³-hybridized carbons (Fsp3) is 0.588. The van der Waals surface area contributed by atoms with E-state index in [2.05, 4.69) is 10.6 Å². The van der Waals surface area contributed by atoms with Crippen LogP contribution < -0.4 is 10.6 Å². The highest BCUT2D eigenvalue weighted by atomic mass is 19.1. The third kappa shape index (κ3) is 3.40. The molecule has 22 heavy (non-hydrogen) atoms. The zero-order chi connectivity index (χ0) is 15.7. The molecule has 4 nitrogen and oxygen atoms in total. The third-order valence-corrected chi connectivity index (χ3v) is 4.82. The van der Waals surface area contributed by atoms with Crippen LogP contribution in [0.4, 0.5) is 9.18 Å². The molecule has 0 unspecified atom stereocenters. The molecular formula is C17H23FN2O2. The zero-order valence-electron chi connectivity index (χ0n) is 12.8. The number of rotatable bonds is 6. The molecule has 3 rings (SSSR count). The second-order valence-corrected chi connectivity index (χ2v) is 6.81. The van der Waals surface area contributed by atoms with Crippen LogP contribution >= 0.6 is 0 Å². The number of carbonyl (C=O) groups excluding carboxylic acids is 1. The van der Waals surface area contributed by atoms with E-state index < -0.39 is 5.54 Å². The molecule has 2 aliphatic rings. The van der Waals surface area contributed by atoms with Gasteiger partial charge in [0.2, 0.25) is 0 Å². The molecule has 2 amide bonds. The minimum atomic E-state index is -0.555. The molecule has 1 aromatic carbocycles. The number of urea groups is 1. The summed E-state index contributed by atoms with van der Waals surface area (Å²) in [5, 5.41) is 15.5. The van der Waals surface area contributed by atoms with Crippen molar-refractivity contribution < 1.29 is 14.3 Å². The first-order chi connectivity index (χ1) is 10.5. The van der Waals surface area contributed by atoms with Gasteiger partial charge in [-0.1, -0.05) is 12.1 Å². The molecule has 2 fully saturated rings. The Bertz CT molecular complexity index is 540. The second kappa shape index (κ2) is 5.88. The average Bonchev–Trinajstić information content (AvgIpc) is 3.38. The maximum absolute atomic E-state index is 13.1. The van der Waals surface area contributed by atoms with Crippen LogP contribution in [-0.2, 0) is 0 Å². The van der Waals surface area contributed by atoms with E-state index in [9.17, 15) is 14.3 Å². The highest BCUT2D eigenvalue weighted by Crippen LogP contribution is 2.42. The van der Waals surface area contributed by atoms with Crippen molar-refractivity contribution in [3.8, 4) is 0 Å². The van der Waals surface area contributed by atoms with E-state index in [0.29, 0.717) is 11.8 Å². The minimum absolute atomic E-state index is 0.0598. The number of amides is 2. The fourth-order valence-corrected chi connectivity index (χ4v) is 3.00. The Morgan fingerprint density at radius 3 is 2.45 bits per heavy atom. The summed E-state index contributed by atoms with van der Waals surface area (Å²) in [5.41, 5.74) is 0.372. The molecule has 0 aromatic heterocycles. The first-order valence-corrected chi connectivity index (χ1v) is 7.97. The number of hydrogen-bond donors (Lipinski definition) is 3. The average molecular weight is 306 g/mol. The Kier molecular flexibility index (Phi) is 4.08. The van der Waals surface area contributed by atoms with Gasteiger partial charge in [-0.2, -0.15) is 0 Å². The lowest BCUT2D eigenvalue weighted by molar-refractivity contribution is 0.153. The third-order valence-electron chi connectivity index (χ3n) is 4.82. The summed E-state index contributed by atoms with van der Waals surface area (Å²) in [7, 11) is 0. The molecule has 2 saturated carbocycles. The SMILES string of the molecule is C[C@@](CO)(NC(=O)N[C@@H](c1ccc(F)cc1)C1CC1)C1CC1. The predicted octanol–water partition coefficient (Wildman–Crippen LogP) is 2.74. The van der Waals surface area contributed by atoms with Crippen LogP contribution in [0.2, 0.25) is 0 Å². The molecule has 5 heteroatoms. The van der Waals surface area contributed by atoms with Gasteiger partial charge in [0, 0.05) is 0 Å². The molecule has 2 atom stereocenters. The monoisotopic (exact) mass is 306 g/mol. The molecular weight excluding hydrogens is 283 g/mol. The topological polar surface area (TPSA) is 61.4 Å². The smallest absolute Gasteiger partial charge is 0.315 e. The molecule has 3 N–H and O–H groups in total. The van der Waals surface area contributed by atoms with Crippen molar-refractivity contribution in [1.82, 2.24) is 10.6 Å². The van der Waals surface area contributed by atoms with E-state index in [1.54, 1.807) is 12.1 Å². The Labute approximate surface area is 130 Å². The van der Waals surface area contributed by atoms with Gasteiger partial charge in [0.1, 0.15) is 5.82 Å². The summed E-state index contributed by atoms with van der Waals surface area (Å²) in [6.45, 7) is 1.82. The molecule has 2 aliphatic carbocycles. The summed E-state index contributed by atoms with van der Waals surface area (Å²) >= 11 is 0. The van der Waals surface area contributed by atoms with E-state index in [1.165, 1.54) is 12.1 Å². The molecule has 0 aliphatic heterocycles. The van der Waals surface area contributed by atoms with Crippen LogP contribution in [-0.4, -0.2) is 23.3 Å². The van der Waals surface area contributed by atoms with E-state index in [0.717, 1.165) is 31.2 Å². The van der Waals surface area contributed by atoms with Crippen LogP contribution in [0.5, 0.6) is 0 Å². The Morgan fingerprint density at radius 1 is 1.32 bits per heavy atom. The number of aliphatic hydroxyl groups is 1. The van der Waals surface area contributed by atoms with E-state index in [-0.39, 0.29) is 24.5 Å². The number of aliphatic hydroxyl groups excluding tert-OH is 1. The van der Waals surface area contributed by atoms with Crippen molar-refractivity contribution in [3.05, 3.63) is 35.6 Å². The van der Waals surface area contributed by atoms with E-state index in [1.807, 2.05) is 6.92 Å². The quantitative estimate of drug-likeness (QED) is 0.757. The van der Waals surface area contributed by atoms with E-state index >= 15 is 0 Å². The summed E-state index contributed by atoms with van der Waals surface area (Å²) < 4.78 is 13.1. The van der Waals surface area contributed by atoms with Crippen molar-refractivity contribution in [3.63, 3.8) is 0 Å². The number of benzene rings is 1. The van der Waals surface area contributed by atoms with Crippen LogP contribution in [0.25, 0.3) is 0 Å². The number of nitrogens with one attached hydrogen (secondary N) is 2. The predicted molar refractivity (Wildman–Crippen MR) is 81.7 cm³/mol. The largest absolute Gasteiger partial charge is 0.394 e.